The van der Waals surface area contributed by atoms with E-state index in [9.17, 15) is 0 Å². The SMILES string of the molecule is CC1=NC(C(C)(C)C)=C1. The van der Waals surface area contributed by atoms with Crippen molar-refractivity contribution in [2.24, 2.45) is 10.4 Å². The highest BCUT2D eigenvalue weighted by molar-refractivity contribution is 5.99. The summed E-state index contributed by atoms with van der Waals surface area (Å²) in [6.45, 7) is 8.55. The van der Waals surface area contributed by atoms with E-state index < -0.39 is 0 Å². The molecule has 9 heavy (non-hydrogen) atoms. The quantitative estimate of drug-likeness (QED) is 0.469. The lowest BCUT2D eigenvalue weighted by atomic mass is 9.89. The molecule has 1 nitrogen and oxygen atoms in total. The molecule has 0 aromatic carbocycles. The van der Waals surface area contributed by atoms with Crippen LogP contribution in [0.3, 0.4) is 0 Å². The lowest BCUT2D eigenvalue weighted by Crippen LogP contribution is -2.15. The minimum absolute atomic E-state index is 0.250. The van der Waals surface area contributed by atoms with Crippen LogP contribution in [0, 0.1) is 5.41 Å². The van der Waals surface area contributed by atoms with Crippen LogP contribution >= 0.6 is 0 Å². The van der Waals surface area contributed by atoms with Crippen molar-refractivity contribution in [1.82, 2.24) is 0 Å². The molecule has 0 radical (unpaired) electrons. The molecule has 0 saturated heterocycles. The van der Waals surface area contributed by atoms with Crippen LogP contribution in [-0.2, 0) is 0 Å². The van der Waals surface area contributed by atoms with Crippen LogP contribution in [0.5, 0.6) is 0 Å². The van der Waals surface area contributed by atoms with Gasteiger partial charge in [-0.1, -0.05) is 20.8 Å². The van der Waals surface area contributed by atoms with Crippen LogP contribution in [0.4, 0.5) is 0 Å². The van der Waals surface area contributed by atoms with Gasteiger partial charge >= 0.3 is 0 Å². The topological polar surface area (TPSA) is 12.4 Å². The first-order valence-electron chi connectivity index (χ1n) is 3.27. The number of hydrogen-bond acceptors (Lipinski definition) is 1. The molecule has 0 aliphatic carbocycles. The van der Waals surface area contributed by atoms with Gasteiger partial charge in [0, 0.05) is 16.8 Å². The van der Waals surface area contributed by atoms with E-state index in [0.717, 1.165) is 5.71 Å². The third-order valence-corrected chi connectivity index (χ3v) is 1.41. The molecule has 1 aliphatic rings. The molecule has 0 unspecified atom stereocenters. The standard InChI is InChI=1S/C8H13N/c1-6-5-7(9-6)8(2,3)4/h5H,1-4H3. The van der Waals surface area contributed by atoms with E-state index >= 15 is 0 Å². The predicted molar refractivity (Wildman–Crippen MR) is 40.6 cm³/mol. The van der Waals surface area contributed by atoms with Crippen LogP contribution < -0.4 is 0 Å². The zero-order valence-corrected chi connectivity index (χ0v) is 6.52. The summed E-state index contributed by atoms with van der Waals surface area (Å²) in [7, 11) is 0. The van der Waals surface area contributed by atoms with Crippen LogP contribution in [0.25, 0.3) is 0 Å². The second-order valence-electron chi connectivity index (χ2n) is 3.53. The number of aliphatic imine (C=N–C) groups is 1. The van der Waals surface area contributed by atoms with Gasteiger partial charge in [-0.2, -0.15) is 0 Å². The lowest BCUT2D eigenvalue weighted by molar-refractivity contribution is 0.494. The fourth-order valence-corrected chi connectivity index (χ4v) is 0.770. The number of hydrogen-bond donors (Lipinski definition) is 0. The normalized spacial score (nSPS) is 18.2. The summed E-state index contributed by atoms with van der Waals surface area (Å²) in [4.78, 5) is 4.27. The molecule has 1 rings (SSSR count). The van der Waals surface area contributed by atoms with Gasteiger partial charge in [-0.3, -0.25) is 4.99 Å². The molecular formula is C8H13N. The first-order chi connectivity index (χ1) is 4.00. The highest BCUT2D eigenvalue weighted by Gasteiger charge is 2.20. The highest BCUT2D eigenvalue weighted by Crippen LogP contribution is 2.30. The van der Waals surface area contributed by atoms with Crippen LogP contribution in [0.2, 0.25) is 0 Å². The van der Waals surface area contributed by atoms with Crippen molar-refractivity contribution < 1.29 is 0 Å². The molecule has 1 heterocycles. The van der Waals surface area contributed by atoms with Gasteiger partial charge in [0.15, 0.2) is 0 Å². The summed E-state index contributed by atoms with van der Waals surface area (Å²) in [5.74, 6) is 0. The van der Waals surface area contributed by atoms with Crippen LogP contribution in [-0.4, -0.2) is 5.71 Å². The third-order valence-electron chi connectivity index (χ3n) is 1.41. The Morgan fingerprint density at radius 3 is 1.89 bits per heavy atom. The highest BCUT2D eigenvalue weighted by atomic mass is 14.8. The van der Waals surface area contributed by atoms with Gasteiger partial charge in [0.1, 0.15) is 0 Å². The minimum Gasteiger partial charge on any atom is -0.257 e. The largest absolute Gasteiger partial charge is 0.257 e. The summed E-state index contributed by atoms with van der Waals surface area (Å²) in [6, 6.07) is 0. The van der Waals surface area contributed by atoms with E-state index in [2.05, 4.69) is 31.8 Å². The summed E-state index contributed by atoms with van der Waals surface area (Å²) in [6.07, 6.45) is 2.14. The Kier molecular flexibility index (Phi) is 1.23. The molecule has 0 bridgehead atoms. The molecule has 0 N–H and O–H groups in total. The van der Waals surface area contributed by atoms with E-state index in [1.807, 2.05) is 6.92 Å². The van der Waals surface area contributed by atoms with Crippen LogP contribution in [0.1, 0.15) is 27.7 Å². The predicted octanol–water partition coefficient (Wildman–Crippen LogP) is 2.39. The average Bonchev–Trinajstić information content (AvgIpc) is 1.55. The van der Waals surface area contributed by atoms with Crippen molar-refractivity contribution in [3.63, 3.8) is 0 Å². The van der Waals surface area contributed by atoms with Crippen molar-refractivity contribution in [1.29, 1.82) is 0 Å². The zero-order valence-electron chi connectivity index (χ0n) is 6.52. The van der Waals surface area contributed by atoms with E-state index in [-0.39, 0.29) is 5.41 Å². The Morgan fingerprint density at radius 2 is 1.78 bits per heavy atom. The molecule has 0 fully saturated rings. The van der Waals surface area contributed by atoms with Gasteiger partial charge in [0.25, 0.3) is 0 Å². The smallest absolute Gasteiger partial charge is 0.0478 e. The average molecular weight is 123 g/mol. The first kappa shape index (κ1) is 6.53. The Bertz CT molecular complexity index is 179. The van der Waals surface area contributed by atoms with Gasteiger partial charge in [0.2, 0.25) is 0 Å². The van der Waals surface area contributed by atoms with Gasteiger partial charge < -0.3 is 0 Å². The van der Waals surface area contributed by atoms with E-state index in [1.54, 1.807) is 0 Å². The molecule has 1 heteroatoms. The molecule has 0 saturated carbocycles. The Hall–Kier alpha value is -0.590. The fraction of sp³-hybridized carbons (Fsp3) is 0.625. The lowest BCUT2D eigenvalue weighted by Gasteiger charge is -2.24. The van der Waals surface area contributed by atoms with Gasteiger partial charge in [-0.05, 0) is 13.0 Å². The Labute approximate surface area is 56.5 Å². The van der Waals surface area contributed by atoms with Crippen LogP contribution in [0.15, 0.2) is 16.8 Å². The molecule has 1 aliphatic heterocycles. The van der Waals surface area contributed by atoms with Gasteiger partial charge in [0.05, 0.1) is 0 Å². The maximum atomic E-state index is 4.27. The van der Waals surface area contributed by atoms with Crippen molar-refractivity contribution in [3.8, 4) is 0 Å². The second kappa shape index (κ2) is 1.69. The zero-order chi connectivity index (χ0) is 7.07. The van der Waals surface area contributed by atoms with Gasteiger partial charge in [-0.15, -0.1) is 0 Å². The number of nitrogens with zero attached hydrogens (tertiary/aromatic N) is 1. The summed E-state index contributed by atoms with van der Waals surface area (Å²) in [5, 5.41) is 0. The van der Waals surface area contributed by atoms with Gasteiger partial charge in [-0.25, -0.2) is 0 Å². The second-order valence-corrected chi connectivity index (χ2v) is 3.53. The molecule has 50 valence electrons. The molecular weight excluding hydrogens is 110 g/mol. The summed E-state index contributed by atoms with van der Waals surface area (Å²) < 4.78 is 0. The Balaban J connectivity index is 2.61. The van der Waals surface area contributed by atoms with Crippen molar-refractivity contribution in [2.45, 2.75) is 27.7 Å². The Morgan fingerprint density at radius 1 is 1.33 bits per heavy atom. The van der Waals surface area contributed by atoms with Crippen molar-refractivity contribution in [3.05, 3.63) is 11.8 Å². The van der Waals surface area contributed by atoms with E-state index in [1.165, 1.54) is 5.70 Å². The van der Waals surface area contributed by atoms with Crippen molar-refractivity contribution >= 4 is 5.71 Å². The van der Waals surface area contributed by atoms with E-state index in [0.29, 0.717) is 0 Å². The van der Waals surface area contributed by atoms with Crippen molar-refractivity contribution in [2.75, 3.05) is 0 Å². The van der Waals surface area contributed by atoms with E-state index in [4.69, 9.17) is 0 Å². The third kappa shape index (κ3) is 1.21. The summed E-state index contributed by atoms with van der Waals surface area (Å²) >= 11 is 0. The monoisotopic (exact) mass is 123 g/mol. The maximum Gasteiger partial charge on any atom is 0.0478 e. The first-order valence-corrected chi connectivity index (χ1v) is 3.27. The molecule has 0 amide bonds. The number of allylic oxidation sites excluding steroid dienone is 2. The fourth-order valence-electron chi connectivity index (χ4n) is 0.770. The minimum atomic E-state index is 0.250. The number of rotatable bonds is 0. The molecule has 0 atom stereocenters. The molecule has 0 aromatic heterocycles. The molecule has 0 spiro atoms. The summed E-state index contributed by atoms with van der Waals surface area (Å²) in [5.41, 5.74) is 2.62. The maximum absolute atomic E-state index is 4.27. The molecule has 0 aromatic rings.